The zero-order valence-electron chi connectivity index (χ0n) is 12.5. The third-order valence-corrected chi connectivity index (χ3v) is 4.74. The molecule has 0 bridgehead atoms. The van der Waals surface area contributed by atoms with Gasteiger partial charge in [-0.05, 0) is 43.0 Å². The molecule has 3 rings (SSSR count). The van der Waals surface area contributed by atoms with Gasteiger partial charge in [-0.3, -0.25) is 4.79 Å². The topological polar surface area (TPSA) is 41.1 Å². The highest BCUT2D eigenvalue weighted by Gasteiger charge is 2.26. The van der Waals surface area contributed by atoms with Crippen LogP contribution in [0, 0.1) is 11.7 Å². The Balaban J connectivity index is 1.86. The van der Waals surface area contributed by atoms with Gasteiger partial charge in [0.15, 0.2) is 0 Å². The first-order valence-electron chi connectivity index (χ1n) is 8.03. The van der Waals surface area contributed by atoms with E-state index in [9.17, 15) is 9.18 Å². The Labute approximate surface area is 125 Å². The van der Waals surface area contributed by atoms with E-state index in [1.807, 2.05) is 6.07 Å². The molecule has 1 aromatic carbocycles. The minimum atomic E-state index is -0.207. The molecule has 1 heterocycles. The van der Waals surface area contributed by atoms with Gasteiger partial charge in [0.2, 0.25) is 5.91 Å². The smallest absolute Gasteiger partial charge is 0.224 e. The van der Waals surface area contributed by atoms with Crippen LogP contribution in [0.2, 0.25) is 0 Å². The summed E-state index contributed by atoms with van der Waals surface area (Å²) in [6, 6.07) is 3.53. The van der Waals surface area contributed by atoms with Gasteiger partial charge < -0.3 is 10.6 Å². The number of amides is 1. The van der Waals surface area contributed by atoms with E-state index in [0.717, 1.165) is 30.0 Å². The Hall–Kier alpha value is -1.42. The van der Waals surface area contributed by atoms with Crippen LogP contribution < -0.4 is 10.6 Å². The summed E-state index contributed by atoms with van der Waals surface area (Å²) >= 11 is 0. The summed E-state index contributed by atoms with van der Waals surface area (Å²) in [6.07, 6.45) is 6.05. The predicted molar refractivity (Wildman–Crippen MR) is 81.7 cm³/mol. The van der Waals surface area contributed by atoms with E-state index >= 15 is 0 Å². The Bertz CT molecular complexity index is 540. The molecule has 1 aliphatic carbocycles. The standard InChI is InChI=1S/C17H23FN2O/c1-2-19-16(8-11-4-3-5-11)13-9-12-6-7-17(21)20-15(12)10-14(13)18/h9-11,16,19H,2-8H2,1H3,(H,20,21). The van der Waals surface area contributed by atoms with E-state index in [0.29, 0.717) is 18.5 Å². The average Bonchev–Trinajstić information content (AvgIpc) is 2.41. The zero-order chi connectivity index (χ0) is 14.8. The van der Waals surface area contributed by atoms with Crippen molar-refractivity contribution >= 4 is 11.6 Å². The van der Waals surface area contributed by atoms with Crippen LogP contribution in [0.25, 0.3) is 0 Å². The van der Waals surface area contributed by atoms with Crippen LogP contribution in [0.3, 0.4) is 0 Å². The van der Waals surface area contributed by atoms with Crippen molar-refractivity contribution in [1.29, 1.82) is 0 Å². The summed E-state index contributed by atoms with van der Waals surface area (Å²) in [7, 11) is 0. The van der Waals surface area contributed by atoms with Crippen LogP contribution in [0.15, 0.2) is 12.1 Å². The molecule has 114 valence electrons. The molecule has 0 spiro atoms. The van der Waals surface area contributed by atoms with Crippen LogP contribution in [0.4, 0.5) is 10.1 Å². The molecule has 1 saturated carbocycles. The molecule has 1 amide bonds. The summed E-state index contributed by atoms with van der Waals surface area (Å²) in [5, 5.41) is 6.19. The van der Waals surface area contributed by atoms with E-state index in [-0.39, 0.29) is 17.8 Å². The number of carbonyl (C=O) groups is 1. The molecule has 0 saturated heterocycles. The molecule has 1 aliphatic heterocycles. The molecule has 1 fully saturated rings. The minimum absolute atomic E-state index is 0.0210. The third kappa shape index (κ3) is 3.10. The van der Waals surface area contributed by atoms with Crippen LogP contribution in [-0.4, -0.2) is 12.5 Å². The number of hydrogen-bond acceptors (Lipinski definition) is 2. The molecule has 1 atom stereocenters. The lowest BCUT2D eigenvalue weighted by atomic mass is 9.79. The van der Waals surface area contributed by atoms with Gasteiger partial charge in [0.05, 0.1) is 0 Å². The second-order valence-corrected chi connectivity index (χ2v) is 6.22. The Kier molecular flexibility index (Phi) is 4.24. The van der Waals surface area contributed by atoms with Crippen molar-refractivity contribution in [3.05, 3.63) is 29.1 Å². The van der Waals surface area contributed by atoms with E-state index in [4.69, 9.17) is 0 Å². The van der Waals surface area contributed by atoms with Gasteiger partial charge in [-0.1, -0.05) is 26.2 Å². The van der Waals surface area contributed by atoms with Crippen molar-refractivity contribution < 1.29 is 9.18 Å². The second-order valence-electron chi connectivity index (χ2n) is 6.22. The summed E-state index contributed by atoms with van der Waals surface area (Å²) in [5.41, 5.74) is 2.47. The number of aryl methyl sites for hydroxylation is 1. The fourth-order valence-electron chi connectivity index (χ4n) is 3.32. The number of rotatable bonds is 5. The van der Waals surface area contributed by atoms with Crippen LogP contribution in [-0.2, 0) is 11.2 Å². The molecular weight excluding hydrogens is 267 g/mol. The molecular formula is C17H23FN2O. The number of halogens is 1. The van der Waals surface area contributed by atoms with E-state index in [2.05, 4.69) is 17.6 Å². The lowest BCUT2D eigenvalue weighted by Gasteiger charge is -2.31. The Morgan fingerprint density at radius 2 is 2.19 bits per heavy atom. The maximum atomic E-state index is 14.5. The Morgan fingerprint density at radius 3 is 2.86 bits per heavy atom. The molecule has 2 aliphatic rings. The molecule has 1 aromatic rings. The van der Waals surface area contributed by atoms with E-state index in [1.54, 1.807) is 0 Å². The first-order chi connectivity index (χ1) is 10.2. The summed E-state index contributed by atoms with van der Waals surface area (Å²) in [5.74, 6) is 0.498. The highest BCUT2D eigenvalue weighted by Crippen LogP contribution is 2.37. The van der Waals surface area contributed by atoms with Gasteiger partial charge in [0.25, 0.3) is 0 Å². The summed E-state index contributed by atoms with van der Waals surface area (Å²) in [4.78, 5) is 11.4. The van der Waals surface area contributed by atoms with Crippen molar-refractivity contribution in [2.75, 3.05) is 11.9 Å². The fourth-order valence-corrected chi connectivity index (χ4v) is 3.32. The minimum Gasteiger partial charge on any atom is -0.326 e. The number of nitrogens with one attached hydrogen (secondary N) is 2. The second kappa shape index (κ2) is 6.14. The van der Waals surface area contributed by atoms with Gasteiger partial charge in [-0.25, -0.2) is 4.39 Å². The number of hydrogen-bond donors (Lipinski definition) is 2. The normalized spacial score (nSPS) is 19.6. The van der Waals surface area contributed by atoms with E-state index < -0.39 is 0 Å². The van der Waals surface area contributed by atoms with E-state index in [1.165, 1.54) is 25.3 Å². The number of fused-ring (bicyclic) bond motifs is 1. The van der Waals surface area contributed by atoms with Gasteiger partial charge in [-0.15, -0.1) is 0 Å². The highest BCUT2D eigenvalue weighted by atomic mass is 19.1. The lowest BCUT2D eigenvalue weighted by Crippen LogP contribution is -2.27. The van der Waals surface area contributed by atoms with Crippen molar-refractivity contribution in [3.8, 4) is 0 Å². The van der Waals surface area contributed by atoms with Crippen LogP contribution in [0.1, 0.15) is 56.2 Å². The third-order valence-electron chi connectivity index (χ3n) is 4.74. The molecule has 21 heavy (non-hydrogen) atoms. The Morgan fingerprint density at radius 1 is 1.38 bits per heavy atom. The fraction of sp³-hybridized carbons (Fsp3) is 0.588. The van der Waals surface area contributed by atoms with Gasteiger partial charge in [0.1, 0.15) is 5.82 Å². The number of anilines is 1. The molecule has 2 N–H and O–H groups in total. The maximum absolute atomic E-state index is 14.5. The molecule has 0 radical (unpaired) electrons. The van der Waals surface area contributed by atoms with Gasteiger partial charge in [-0.2, -0.15) is 0 Å². The molecule has 3 nitrogen and oxygen atoms in total. The highest BCUT2D eigenvalue weighted by molar-refractivity contribution is 5.93. The molecule has 4 heteroatoms. The van der Waals surface area contributed by atoms with Crippen LogP contribution in [0.5, 0.6) is 0 Å². The summed E-state index contributed by atoms with van der Waals surface area (Å²) in [6.45, 7) is 2.90. The zero-order valence-corrected chi connectivity index (χ0v) is 12.5. The van der Waals surface area contributed by atoms with Crippen molar-refractivity contribution in [1.82, 2.24) is 5.32 Å². The maximum Gasteiger partial charge on any atom is 0.224 e. The first-order valence-corrected chi connectivity index (χ1v) is 8.03. The number of benzene rings is 1. The molecule has 0 aromatic heterocycles. The monoisotopic (exact) mass is 290 g/mol. The summed E-state index contributed by atoms with van der Waals surface area (Å²) < 4.78 is 14.5. The molecule has 1 unspecified atom stereocenters. The lowest BCUT2D eigenvalue weighted by molar-refractivity contribution is -0.116. The van der Waals surface area contributed by atoms with Crippen molar-refractivity contribution in [2.45, 2.75) is 51.5 Å². The average molecular weight is 290 g/mol. The first kappa shape index (κ1) is 14.5. The van der Waals surface area contributed by atoms with Crippen molar-refractivity contribution in [2.24, 2.45) is 5.92 Å². The van der Waals surface area contributed by atoms with Gasteiger partial charge >= 0.3 is 0 Å². The number of carbonyl (C=O) groups excluding carboxylic acids is 1. The van der Waals surface area contributed by atoms with Crippen molar-refractivity contribution in [3.63, 3.8) is 0 Å². The SMILES string of the molecule is CCNC(CC1CCC1)c1cc2c(cc1F)NC(=O)CC2. The van der Waals surface area contributed by atoms with Gasteiger partial charge in [0, 0.05) is 23.7 Å². The predicted octanol–water partition coefficient (Wildman–Crippen LogP) is 3.55. The van der Waals surface area contributed by atoms with Crippen LogP contribution >= 0.6 is 0 Å². The largest absolute Gasteiger partial charge is 0.326 e. The quantitative estimate of drug-likeness (QED) is 0.870.